The highest BCUT2D eigenvalue weighted by Gasteiger charge is 2.14. The molecule has 0 fully saturated rings. The molecule has 0 spiro atoms. The van der Waals surface area contributed by atoms with Gasteiger partial charge in [0.25, 0.3) is 0 Å². The minimum Gasteiger partial charge on any atom is -0.454 e. The Bertz CT molecular complexity index is 1130. The molecule has 1 aliphatic heterocycles. The Balaban J connectivity index is 1.27. The first kappa shape index (κ1) is 16.2. The van der Waals surface area contributed by atoms with Gasteiger partial charge in [0.1, 0.15) is 5.65 Å². The first-order valence-electron chi connectivity index (χ1n) is 8.76. The van der Waals surface area contributed by atoms with Crippen molar-refractivity contribution in [2.45, 2.75) is 0 Å². The van der Waals surface area contributed by atoms with Crippen molar-refractivity contribution in [3.63, 3.8) is 0 Å². The van der Waals surface area contributed by atoms with E-state index in [9.17, 15) is 4.79 Å². The molecule has 0 unspecified atom stereocenters. The Morgan fingerprint density at radius 1 is 0.929 bits per heavy atom. The van der Waals surface area contributed by atoms with Crippen LogP contribution in [0.5, 0.6) is 11.5 Å². The number of ether oxygens (including phenoxy) is 2. The zero-order valence-corrected chi connectivity index (χ0v) is 14.8. The van der Waals surface area contributed by atoms with Gasteiger partial charge in [0.2, 0.25) is 6.79 Å². The number of hydrogen-bond acceptors (Lipinski definition) is 4. The van der Waals surface area contributed by atoms with E-state index in [0.717, 1.165) is 16.9 Å². The summed E-state index contributed by atoms with van der Waals surface area (Å²) in [7, 11) is 0. The molecule has 2 N–H and O–H groups in total. The average molecular weight is 372 g/mol. The average Bonchev–Trinajstić information content (AvgIpc) is 3.34. The van der Waals surface area contributed by atoms with Gasteiger partial charge < -0.3 is 24.5 Å². The third kappa shape index (κ3) is 3.09. The van der Waals surface area contributed by atoms with Gasteiger partial charge in [-0.3, -0.25) is 0 Å². The molecule has 7 heteroatoms. The fourth-order valence-corrected chi connectivity index (χ4v) is 3.07. The Morgan fingerprint density at radius 3 is 2.57 bits per heavy atom. The summed E-state index contributed by atoms with van der Waals surface area (Å²) in [5.41, 5.74) is 4.06. The predicted molar refractivity (Wildman–Crippen MR) is 106 cm³/mol. The number of aromatic nitrogens is 2. The van der Waals surface area contributed by atoms with Crippen molar-refractivity contribution < 1.29 is 14.3 Å². The Labute approximate surface area is 160 Å². The molecule has 2 amide bonds. The van der Waals surface area contributed by atoms with Crippen LogP contribution in [0, 0.1) is 0 Å². The van der Waals surface area contributed by atoms with Crippen molar-refractivity contribution in [1.82, 2.24) is 9.38 Å². The van der Waals surface area contributed by atoms with E-state index in [-0.39, 0.29) is 12.8 Å². The number of carbonyl (C=O) groups is 1. The van der Waals surface area contributed by atoms with E-state index in [1.54, 1.807) is 18.2 Å². The van der Waals surface area contributed by atoms with Crippen LogP contribution in [0.15, 0.2) is 73.1 Å². The molecule has 0 saturated heterocycles. The highest BCUT2D eigenvalue weighted by Crippen LogP contribution is 2.34. The third-order valence-corrected chi connectivity index (χ3v) is 4.43. The molecule has 5 rings (SSSR count). The number of nitrogens with one attached hydrogen (secondary N) is 2. The first-order chi connectivity index (χ1) is 13.7. The number of fused-ring (bicyclic) bond motifs is 2. The molecule has 4 aromatic rings. The number of pyridine rings is 1. The summed E-state index contributed by atoms with van der Waals surface area (Å²) >= 11 is 0. The molecule has 28 heavy (non-hydrogen) atoms. The summed E-state index contributed by atoms with van der Waals surface area (Å²) in [5, 5.41) is 5.60. The lowest BCUT2D eigenvalue weighted by atomic mass is 10.1. The minimum absolute atomic E-state index is 0.198. The van der Waals surface area contributed by atoms with Crippen molar-refractivity contribution in [3.8, 4) is 22.8 Å². The van der Waals surface area contributed by atoms with E-state index < -0.39 is 0 Å². The van der Waals surface area contributed by atoms with Crippen molar-refractivity contribution in [2.75, 3.05) is 17.4 Å². The van der Waals surface area contributed by atoms with Crippen LogP contribution in [-0.2, 0) is 0 Å². The van der Waals surface area contributed by atoms with Gasteiger partial charge in [-0.15, -0.1) is 0 Å². The van der Waals surface area contributed by atoms with E-state index in [4.69, 9.17) is 9.47 Å². The lowest BCUT2D eigenvalue weighted by Crippen LogP contribution is -2.19. The van der Waals surface area contributed by atoms with Gasteiger partial charge in [0.05, 0.1) is 5.69 Å². The van der Waals surface area contributed by atoms with Gasteiger partial charge in [-0.25, -0.2) is 9.78 Å². The molecule has 0 aliphatic carbocycles. The molecule has 2 aromatic carbocycles. The van der Waals surface area contributed by atoms with Crippen LogP contribution in [-0.4, -0.2) is 22.2 Å². The number of nitrogens with zero attached hydrogens (tertiary/aromatic N) is 2. The fourth-order valence-electron chi connectivity index (χ4n) is 3.07. The second kappa shape index (κ2) is 6.62. The number of benzene rings is 2. The van der Waals surface area contributed by atoms with Crippen LogP contribution in [0.4, 0.5) is 16.2 Å². The summed E-state index contributed by atoms with van der Waals surface area (Å²) in [4.78, 5) is 16.8. The molecular formula is C21H16N4O3. The van der Waals surface area contributed by atoms with E-state index >= 15 is 0 Å². The summed E-state index contributed by atoms with van der Waals surface area (Å²) in [6, 6.07) is 18.4. The van der Waals surface area contributed by atoms with Gasteiger partial charge >= 0.3 is 6.03 Å². The number of imidazole rings is 1. The Morgan fingerprint density at radius 2 is 1.71 bits per heavy atom. The van der Waals surface area contributed by atoms with Crippen molar-refractivity contribution in [2.24, 2.45) is 0 Å². The summed E-state index contributed by atoms with van der Waals surface area (Å²) in [6.07, 6.45) is 3.94. The van der Waals surface area contributed by atoms with Gasteiger partial charge in [-0.1, -0.05) is 18.2 Å². The monoisotopic (exact) mass is 372 g/mol. The van der Waals surface area contributed by atoms with E-state index in [0.29, 0.717) is 22.9 Å². The van der Waals surface area contributed by atoms with Crippen LogP contribution in [0.3, 0.4) is 0 Å². The van der Waals surface area contributed by atoms with Crippen LogP contribution < -0.4 is 20.1 Å². The van der Waals surface area contributed by atoms with Crippen LogP contribution in [0.1, 0.15) is 0 Å². The number of amides is 2. The maximum atomic E-state index is 12.2. The number of anilines is 2. The lowest BCUT2D eigenvalue weighted by Gasteiger charge is -2.08. The first-order valence-corrected chi connectivity index (χ1v) is 8.76. The molecule has 0 radical (unpaired) electrons. The largest absolute Gasteiger partial charge is 0.454 e. The predicted octanol–water partition coefficient (Wildman–Crippen LogP) is 4.37. The fraction of sp³-hybridized carbons (Fsp3) is 0.0476. The van der Waals surface area contributed by atoms with Crippen LogP contribution >= 0.6 is 0 Å². The molecule has 0 saturated carbocycles. The smallest absolute Gasteiger partial charge is 0.323 e. The number of hydrogen-bond donors (Lipinski definition) is 2. The molecule has 2 aromatic heterocycles. The topological polar surface area (TPSA) is 76.9 Å². The van der Waals surface area contributed by atoms with Crippen LogP contribution in [0.2, 0.25) is 0 Å². The molecule has 138 valence electrons. The second-order valence-corrected chi connectivity index (χ2v) is 6.32. The molecule has 3 heterocycles. The minimum atomic E-state index is -0.334. The van der Waals surface area contributed by atoms with Gasteiger partial charge in [0, 0.05) is 35.4 Å². The summed E-state index contributed by atoms with van der Waals surface area (Å²) < 4.78 is 12.6. The molecule has 7 nitrogen and oxygen atoms in total. The zero-order valence-electron chi connectivity index (χ0n) is 14.8. The molecular weight excluding hydrogens is 356 g/mol. The lowest BCUT2D eigenvalue weighted by molar-refractivity contribution is 0.174. The Hall–Kier alpha value is -4.00. The van der Waals surface area contributed by atoms with E-state index in [1.807, 2.05) is 59.3 Å². The van der Waals surface area contributed by atoms with Crippen molar-refractivity contribution >= 4 is 23.1 Å². The van der Waals surface area contributed by atoms with Gasteiger partial charge in [-0.05, 0) is 36.4 Å². The number of urea groups is 1. The van der Waals surface area contributed by atoms with E-state index in [2.05, 4.69) is 15.6 Å². The Kier molecular flexibility index (Phi) is 3.83. The second-order valence-electron chi connectivity index (χ2n) is 6.32. The number of carbonyl (C=O) groups excluding carboxylic acids is 1. The van der Waals surface area contributed by atoms with E-state index in [1.165, 1.54) is 0 Å². The maximum Gasteiger partial charge on any atom is 0.323 e. The van der Waals surface area contributed by atoms with Crippen LogP contribution in [0.25, 0.3) is 16.9 Å². The van der Waals surface area contributed by atoms with Crippen molar-refractivity contribution in [3.05, 3.63) is 73.1 Å². The molecule has 1 aliphatic rings. The normalized spacial score (nSPS) is 12.1. The highest BCUT2D eigenvalue weighted by molar-refractivity contribution is 6.00. The maximum absolute atomic E-state index is 12.2. The van der Waals surface area contributed by atoms with Gasteiger partial charge in [0.15, 0.2) is 11.5 Å². The SMILES string of the molecule is O=C(Nc1ccc(-c2cn3ccccc3n2)cc1)Nc1ccc2c(c1)OCO2. The standard InChI is InChI=1S/C21H16N4O3/c26-21(23-16-8-9-18-19(11-16)28-13-27-18)22-15-6-4-14(5-7-15)17-12-25-10-2-1-3-20(25)24-17/h1-12H,13H2,(H2,22,23,26). The molecule has 0 atom stereocenters. The van der Waals surface area contributed by atoms with Gasteiger partial charge in [-0.2, -0.15) is 0 Å². The quantitative estimate of drug-likeness (QED) is 0.560. The third-order valence-electron chi connectivity index (χ3n) is 4.43. The highest BCUT2D eigenvalue weighted by atomic mass is 16.7. The van der Waals surface area contributed by atoms with Crippen molar-refractivity contribution in [1.29, 1.82) is 0 Å². The zero-order chi connectivity index (χ0) is 18.9. The summed E-state index contributed by atoms with van der Waals surface area (Å²) in [5.74, 6) is 1.29. The molecule has 0 bridgehead atoms. The number of rotatable bonds is 3. The summed E-state index contributed by atoms with van der Waals surface area (Å²) in [6.45, 7) is 0.198.